The van der Waals surface area contributed by atoms with Gasteiger partial charge in [-0.05, 0) is 105 Å². The van der Waals surface area contributed by atoms with E-state index in [1.807, 2.05) is 44.2 Å². The van der Waals surface area contributed by atoms with Crippen molar-refractivity contribution in [3.8, 4) is 11.8 Å². The number of halogens is 3. The average molecular weight is 618 g/mol. The first-order valence-corrected chi connectivity index (χ1v) is 12.3. The van der Waals surface area contributed by atoms with Gasteiger partial charge in [-0.3, -0.25) is 9.59 Å². The molecule has 2 N–H and O–H groups in total. The fourth-order valence-electron chi connectivity index (χ4n) is 3.04. The summed E-state index contributed by atoms with van der Waals surface area (Å²) in [6.45, 7) is 3.55. The van der Waals surface area contributed by atoms with Crippen molar-refractivity contribution in [1.29, 1.82) is 5.26 Å². The lowest BCUT2D eigenvalue weighted by Crippen LogP contribution is -2.20. The minimum Gasteiger partial charge on any atom is -0.481 e. The van der Waals surface area contributed by atoms with Crippen LogP contribution < -0.4 is 15.4 Å². The topological polar surface area (TPSA) is 91.2 Å². The van der Waals surface area contributed by atoms with Crippen molar-refractivity contribution in [1.82, 2.24) is 0 Å². The molecular weight excluding hydrogens is 598 g/mol. The Kier molecular flexibility index (Phi) is 9.10. The van der Waals surface area contributed by atoms with E-state index in [-0.39, 0.29) is 18.1 Å². The first-order valence-electron chi connectivity index (χ1n) is 10.3. The van der Waals surface area contributed by atoms with Gasteiger partial charge in [0.25, 0.3) is 11.8 Å². The van der Waals surface area contributed by atoms with Crippen LogP contribution in [0.15, 0.2) is 69.1 Å². The number of carbonyl (C=O) groups excluding carboxylic acids is 2. The maximum Gasteiger partial charge on any atom is 0.266 e. The molecular formula is C26H20Br2ClN3O3. The molecule has 35 heavy (non-hydrogen) atoms. The molecule has 178 valence electrons. The van der Waals surface area contributed by atoms with E-state index < -0.39 is 5.91 Å². The Hall–Kier alpha value is -3.12. The van der Waals surface area contributed by atoms with Crippen LogP contribution in [-0.2, 0) is 9.59 Å². The molecule has 0 saturated carbocycles. The van der Waals surface area contributed by atoms with Crippen LogP contribution in [0, 0.1) is 25.2 Å². The number of nitrogens with zero attached hydrogens (tertiary/aromatic N) is 1. The van der Waals surface area contributed by atoms with Gasteiger partial charge < -0.3 is 15.4 Å². The highest BCUT2D eigenvalue weighted by Gasteiger charge is 2.14. The highest BCUT2D eigenvalue weighted by Crippen LogP contribution is 2.35. The second-order valence-corrected chi connectivity index (χ2v) is 9.72. The number of benzene rings is 3. The third-order valence-electron chi connectivity index (χ3n) is 4.78. The third-order valence-corrected chi connectivity index (χ3v) is 6.36. The van der Waals surface area contributed by atoms with Crippen molar-refractivity contribution in [2.24, 2.45) is 0 Å². The monoisotopic (exact) mass is 615 g/mol. The van der Waals surface area contributed by atoms with E-state index in [1.54, 1.807) is 30.3 Å². The molecule has 0 fully saturated rings. The van der Waals surface area contributed by atoms with Gasteiger partial charge in [-0.1, -0.05) is 29.8 Å². The molecule has 2 amide bonds. The maximum absolute atomic E-state index is 12.6. The van der Waals surface area contributed by atoms with Crippen LogP contribution in [0.5, 0.6) is 5.75 Å². The van der Waals surface area contributed by atoms with Crippen LogP contribution in [0.4, 0.5) is 11.4 Å². The number of rotatable bonds is 7. The minimum atomic E-state index is -0.515. The molecule has 0 aliphatic heterocycles. The zero-order chi connectivity index (χ0) is 25.5. The Balaban J connectivity index is 1.69. The second-order valence-electron chi connectivity index (χ2n) is 7.61. The quantitative estimate of drug-likeness (QED) is 0.220. The summed E-state index contributed by atoms with van der Waals surface area (Å²) >= 11 is 12.9. The fraction of sp³-hybridized carbons (Fsp3) is 0.115. The van der Waals surface area contributed by atoms with Gasteiger partial charge in [0, 0.05) is 16.4 Å². The van der Waals surface area contributed by atoms with Crippen LogP contribution in [0.3, 0.4) is 0 Å². The van der Waals surface area contributed by atoms with Crippen molar-refractivity contribution >= 4 is 72.7 Å². The highest BCUT2D eigenvalue weighted by atomic mass is 79.9. The van der Waals surface area contributed by atoms with Crippen molar-refractivity contribution in [3.63, 3.8) is 0 Å². The van der Waals surface area contributed by atoms with E-state index >= 15 is 0 Å². The van der Waals surface area contributed by atoms with Gasteiger partial charge in [-0.2, -0.15) is 5.26 Å². The lowest BCUT2D eigenvalue weighted by atomic mass is 10.1. The number of anilines is 2. The number of nitriles is 1. The van der Waals surface area contributed by atoms with Crippen LogP contribution in [0.1, 0.15) is 16.7 Å². The first-order chi connectivity index (χ1) is 16.7. The predicted molar refractivity (Wildman–Crippen MR) is 146 cm³/mol. The number of hydrogen-bond donors (Lipinski definition) is 2. The van der Waals surface area contributed by atoms with E-state index in [2.05, 4.69) is 42.5 Å². The van der Waals surface area contributed by atoms with Crippen LogP contribution in [-0.4, -0.2) is 18.4 Å². The summed E-state index contributed by atoms with van der Waals surface area (Å²) in [5, 5.41) is 15.5. The Labute approximate surface area is 225 Å². The Morgan fingerprint density at radius 2 is 1.71 bits per heavy atom. The van der Waals surface area contributed by atoms with E-state index in [0.29, 0.717) is 36.7 Å². The largest absolute Gasteiger partial charge is 0.481 e. The van der Waals surface area contributed by atoms with E-state index in [9.17, 15) is 14.9 Å². The second kappa shape index (κ2) is 12.0. The van der Waals surface area contributed by atoms with Crippen molar-refractivity contribution in [3.05, 3.63) is 90.8 Å². The molecule has 6 nitrogen and oxygen atoms in total. The minimum absolute atomic E-state index is 0.0601. The zero-order valence-electron chi connectivity index (χ0n) is 18.8. The maximum atomic E-state index is 12.6. The summed E-state index contributed by atoms with van der Waals surface area (Å²) in [4.78, 5) is 24.9. The lowest BCUT2D eigenvalue weighted by Gasteiger charge is -2.12. The number of carbonyl (C=O) groups is 2. The molecule has 0 atom stereocenters. The van der Waals surface area contributed by atoms with Gasteiger partial charge in [0.2, 0.25) is 0 Å². The molecule has 0 aliphatic rings. The normalized spacial score (nSPS) is 10.9. The summed E-state index contributed by atoms with van der Waals surface area (Å²) in [5.74, 6) is -0.465. The van der Waals surface area contributed by atoms with Gasteiger partial charge in [-0.25, -0.2) is 0 Å². The van der Waals surface area contributed by atoms with Crippen LogP contribution in [0.25, 0.3) is 6.08 Å². The molecule has 0 bridgehead atoms. The van der Waals surface area contributed by atoms with E-state index in [4.69, 9.17) is 16.3 Å². The van der Waals surface area contributed by atoms with Gasteiger partial charge in [-0.15, -0.1) is 0 Å². The summed E-state index contributed by atoms with van der Waals surface area (Å²) in [6, 6.07) is 17.9. The number of amides is 2. The number of aryl methyl sites for hydroxylation is 2. The summed E-state index contributed by atoms with van der Waals surface area (Å²) < 4.78 is 6.76. The summed E-state index contributed by atoms with van der Waals surface area (Å²) in [7, 11) is 0. The molecule has 3 aromatic rings. The van der Waals surface area contributed by atoms with Gasteiger partial charge in [0.1, 0.15) is 17.4 Å². The first kappa shape index (κ1) is 26.5. The standard InChI is InChI=1S/C26H20Br2ClN3O3/c1-15-4-3-5-19(8-15)32-26(34)18(13-30)9-17-10-21(27)25(22(28)11-17)35-14-24(33)31-20-7-6-16(2)23(29)12-20/h3-12H,14H2,1-2H3,(H,31,33)(H,32,34)/b18-9+. The Morgan fingerprint density at radius 1 is 1.03 bits per heavy atom. The third kappa shape index (κ3) is 7.43. The van der Waals surface area contributed by atoms with Gasteiger partial charge in [0.15, 0.2) is 6.61 Å². The lowest BCUT2D eigenvalue weighted by molar-refractivity contribution is -0.118. The van der Waals surface area contributed by atoms with E-state index in [0.717, 1.165) is 11.1 Å². The smallest absolute Gasteiger partial charge is 0.266 e. The van der Waals surface area contributed by atoms with Crippen LogP contribution >= 0.6 is 43.5 Å². The molecule has 0 radical (unpaired) electrons. The molecule has 0 aromatic heterocycles. The molecule has 0 heterocycles. The van der Waals surface area contributed by atoms with Gasteiger partial charge in [0.05, 0.1) is 8.95 Å². The molecule has 3 aromatic carbocycles. The van der Waals surface area contributed by atoms with Gasteiger partial charge >= 0.3 is 0 Å². The zero-order valence-corrected chi connectivity index (χ0v) is 22.7. The molecule has 9 heteroatoms. The molecule has 0 unspecified atom stereocenters. The van der Waals surface area contributed by atoms with Crippen molar-refractivity contribution < 1.29 is 14.3 Å². The SMILES string of the molecule is Cc1cccc(NC(=O)/C(C#N)=C/c2cc(Br)c(OCC(=O)Nc3ccc(C)c(Cl)c3)c(Br)c2)c1. The predicted octanol–water partition coefficient (Wildman–Crippen LogP) is 7.05. The number of ether oxygens (including phenoxy) is 1. The molecule has 0 spiro atoms. The van der Waals surface area contributed by atoms with E-state index in [1.165, 1.54) is 6.08 Å². The number of hydrogen-bond acceptors (Lipinski definition) is 4. The van der Waals surface area contributed by atoms with Crippen LogP contribution in [0.2, 0.25) is 5.02 Å². The van der Waals surface area contributed by atoms with Crippen molar-refractivity contribution in [2.75, 3.05) is 17.2 Å². The molecule has 0 saturated heterocycles. The van der Waals surface area contributed by atoms with Crippen molar-refractivity contribution in [2.45, 2.75) is 13.8 Å². The Morgan fingerprint density at radius 3 is 2.34 bits per heavy atom. The fourth-order valence-corrected chi connectivity index (χ4v) is 4.67. The Bertz CT molecular complexity index is 1340. The average Bonchev–Trinajstić information content (AvgIpc) is 2.79. The molecule has 3 rings (SSSR count). The highest BCUT2D eigenvalue weighted by molar-refractivity contribution is 9.11. The summed E-state index contributed by atoms with van der Waals surface area (Å²) in [5.41, 5.74) is 3.61. The molecule has 0 aliphatic carbocycles. The summed E-state index contributed by atoms with van der Waals surface area (Å²) in [6.07, 6.45) is 1.47. The number of nitrogens with one attached hydrogen (secondary N) is 2.